The first kappa shape index (κ1) is 40.6. The van der Waals surface area contributed by atoms with Crippen molar-refractivity contribution in [3.8, 4) is 0 Å². The number of aldehydes is 1. The fourth-order valence-electron chi connectivity index (χ4n) is 6.54. The molecule has 1 rings (SSSR count). The maximum atomic E-state index is 13.0. The van der Waals surface area contributed by atoms with E-state index in [-0.39, 0.29) is 11.9 Å². The maximum Gasteiger partial charge on any atom is 0.305 e. The highest BCUT2D eigenvalue weighted by molar-refractivity contribution is 5.78. The Labute approximate surface area is 272 Å². The van der Waals surface area contributed by atoms with E-state index in [0.717, 1.165) is 109 Å². The summed E-state index contributed by atoms with van der Waals surface area (Å²) in [4.78, 5) is 40.2. The van der Waals surface area contributed by atoms with Crippen molar-refractivity contribution >= 4 is 18.2 Å². The van der Waals surface area contributed by atoms with Gasteiger partial charge in [-0.25, -0.2) is 0 Å². The largest absolute Gasteiger partial charge is 0.466 e. The van der Waals surface area contributed by atoms with Crippen LogP contribution in [0.5, 0.6) is 0 Å². The van der Waals surface area contributed by atoms with Crippen LogP contribution in [0.3, 0.4) is 0 Å². The van der Waals surface area contributed by atoms with Crippen LogP contribution >= 0.6 is 0 Å². The minimum Gasteiger partial charge on any atom is -0.466 e. The van der Waals surface area contributed by atoms with Crippen molar-refractivity contribution in [2.45, 2.75) is 181 Å². The Morgan fingerprint density at radius 2 is 1.20 bits per heavy atom. The van der Waals surface area contributed by atoms with Gasteiger partial charge in [0.15, 0.2) is 0 Å². The molecule has 0 saturated carbocycles. The van der Waals surface area contributed by atoms with Gasteiger partial charge in [0.1, 0.15) is 6.29 Å². The molecular weight excluding hydrogens is 548 g/mol. The van der Waals surface area contributed by atoms with E-state index in [0.29, 0.717) is 26.0 Å². The summed E-state index contributed by atoms with van der Waals surface area (Å²) >= 11 is 0. The minimum absolute atomic E-state index is 0.0303. The van der Waals surface area contributed by atoms with Gasteiger partial charge in [-0.1, -0.05) is 117 Å². The summed E-state index contributed by atoms with van der Waals surface area (Å²) in [6, 6.07) is 0. The van der Waals surface area contributed by atoms with Gasteiger partial charge in [-0.15, -0.1) is 0 Å². The second-order valence-corrected chi connectivity index (χ2v) is 13.5. The van der Waals surface area contributed by atoms with Crippen molar-refractivity contribution in [1.29, 1.82) is 0 Å². The normalized spacial score (nSPS) is 13.5. The van der Waals surface area contributed by atoms with Gasteiger partial charge in [-0.3, -0.25) is 14.5 Å². The Morgan fingerprint density at radius 3 is 1.80 bits per heavy atom. The van der Waals surface area contributed by atoms with E-state index in [2.05, 4.69) is 23.6 Å². The second-order valence-electron chi connectivity index (χ2n) is 13.5. The number of carbonyl (C=O) groups excluding carboxylic acids is 3. The number of likely N-dealkylation sites (tertiary alicyclic amines) is 1. The maximum absolute atomic E-state index is 13.0. The Morgan fingerprint density at radius 1 is 0.682 bits per heavy atom. The minimum atomic E-state index is -0.0303. The van der Waals surface area contributed by atoms with Crippen molar-refractivity contribution in [1.82, 2.24) is 9.80 Å². The van der Waals surface area contributed by atoms with Gasteiger partial charge in [0.2, 0.25) is 5.91 Å². The molecule has 44 heavy (non-hydrogen) atoms. The molecule has 6 heteroatoms. The van der Waals surface area contributed by atoms with Crippen LogP contribution in [0.25, 0.3) is 0 Å². The molecule has 0 N–H and O–H groups in total. The number of hydrogen-bond acceptors (Lipinski definition) is 5. The van der Waals surface area contributed by atoms with Crippen molar-refractivity contribution < 1.29 is 19.1 Å². The average molecular weight is 621 g/mol. The Hall–Kier alpha value is -1.43. The molecule has 1 saturated heterocycles. The van der Waals surface area contributed by atoms with Gasteiger partial charge in [0, 0.05) is 25.9 Å². The lowest BCUT2D eigenvalue weighted by Crippen LogP contribution is -2.40. The molecule has 0 unspecified atom stereocenters. The standard InChI is InChI=1S/C38H72N2O4/c1-3-5-7-16-25-36(26-17-8-6-4-2)27-24-34-44-38(43)28-18-12-11-14-20-32-40(31-19-13-9-10-15-23-33-41)37(42)35-39-29-21-22-30-39/h33,36H,3-32,34-35H2,1-2H3. The van der Waals surface area contributed by atoms with Gasteiger partial charge >= 0.3 is 5.97 Å². The van der Waals surface area contributed by atoms with Crippen LogP contribution < -0.4 is 0 Å². The zero-order valence-corrected chi connectivity index (χ0v) is 29.3. The number of unbranched alkanes of at least 4 members (excludes halogenated alkanes) is 15. The first-order chi connectivity index (χ1) is 21.6. The molecule has 0 spiro atoms. The number of nitrogens with zero attached hydrogens (tertiary/aromatic N) is 2. The molecule has 1 fully saturated rings. The summed E-state index contributed by atoms with van der Waals surface area (Å²) in [5.74, 6) is 1.06. The highest BCUT2D eigenvalue weighted by Crippen LogP contribution is 2.23. The van der Waals surface area contributed by atoms with E-state index < -0.39 is 0 Å². The third-order valence-electron chi connectivity index (χ3n) is 9.42. The van der Waals surface area contributed by atoms with Crippen LogP contribution in [0.1, 0.15) is 181 Å². The molecule has 0 bridgehead atoms. The van der Waals surface area contributed by atoms with Crippen molar-refractivity contribution in [3.63, 3.8) is 0 Å². The lowest BCUT2D eigenvalue weighted by molar-refractivity contribution is -0.144. The molecule has 0 aromatic heterocycles. The van der Waals surface area contributed by atoms with E-state index >= 15 is 0 Å². The predicted molar refractivity (Wildman–Crippen MR) is 185 cm³/mol. The topological polar surface area (TPSA) is 66.9 Å². The van der Waals surface area contributed by atoms with Gasteiger partial charge in [-0.2, -0.15) is 0 Å². The first-order valence-electron chi connectivity index (χ1n) is 19.2. The molecule has 0 aromatic rings. The SMILES string of the molecule is CCCCCCC(CCCCCC)CCCOC(=O)CCCCCCCN(CCCCCCCC=O)C(=O)CN1CCCC1. The van der Waals surface area contributed by atoms with Gasteiger partial charge < -0.3 is 14.4 Å². The molecule has 1 aliphatic heterocycles. The molecule has 0 aromatic carbocycles. The zero-order chi connectivity index (χ0) is 31.9. The predicted octanol–water partition coefficient (Wildman–Crippen LogP) is 9.67. The van der Waals surface area contributed by atoms with Crippen LogP contribution in [0.4, 0.5) is 0 Å². The van der Waals surface area contributed by atoms with Crippen molar-refractivity contribution in [2.24, 2.45) is 5.92 Å². The number of amides is 1. The lowest BCUT2D eigenvalue weighted by atomic mass is 9.91. The monoisotopic (exact) mass is 621 g/mol. The van der Waals surface area contributed by atoms with E-state index in [4.69, 9.17) is 4.74 Å². The quantitative estimate of drug-likeness (QED) is 0.0425. The highest BCUT2D eigenvalue weighted by atomic mass is 16.5. The summed E-state index contributed by atoms with van der Waals surface area (Å²) in [6.07, 6.45) is 30.8. The van der Waals surface area contributed by atoms with Crippen LogP contribution in [0, 0.1) is 5.92 Å². The fourth-order valence-corrected chi connectivity index (χ4v) is 6.54. The molecular formula is C38H72N2O4. The molecule has 1 amide bonds. The summed E-state index contributed by atoms with van der Waals surface area (Å²) in [6.45, 7) is 9.50. The van der Waals surface area contributed by atoms with Crippen LogP contribution in [-0.4, -0.2) is 67.3 Å². The van der Waals surface area contributed by atoms with Crippen molar-refractivity contribution in [3.05, 3.63) is 0 Å². The molecule has 1 heterocycles. The third kappa shape index (κ3) is 23.9. The molecule has 1 aliphatic rings. The number of rotatable bonds is 32. The van der Waals surface area contributed by atoms with Crippen LogP contribution in [0.2, 0.25) is 0 Å². The number of hydrogen-bond donors (Lipinski definition) is 0. The highest BCUT2D eigenvalue weighted by Gasteiger charge is 2.19. The molecule has 258 valence electrons. The number of carbonyl (C=O) groups is 3. The Balaban J connectivity index is 2.18. The van der Waals surface area contributed by atoms with E-state index in [1.54, 1.807) is 0 Å². The van der Waals surface area contributed by atoms with E-state index in [1.807, 2.05) is 0 Å². The molecule has 0 aliphatic carbocycles. The van der Waals surface area contributed by atoms with E-state index in [1.165, 1.54) is 83.5 Å². The van der Waals surface area contributed by atoms with Gasteiger partial charge in [-0.05, 0) is 70.4 Å². The second kappa shape index (κ2) is 30.2. The molecule has 0 radical (unpaired) electrons. The zero-order valence-electron chi connectivity index (χ0n) is 29.3. The molecule has 0 atom stereocenters. The smallest absolute Gasteiger partial charge is 0.305 e. The van der Waals surface area contributed by atoms with Crippen molar-refractivity contribution in [2.75, 3.05) is 39.3 Å². The number of ether oxygens (including phenoxy) is 1. The first-order valence-corrected chi connectivity index (χ1v) is 19.2. The lowest BCUT2D eigenvalue weighted by Gasteiger charge is -2.25. The van der Waals surface area contributed by atoms with Crippen LogP contribution in [-0.2, 0) is 19.1 Å². The summed E-state index contributed by atoms with van der Waals surface area (Å²) in [7, 11) is 0. The Kier molecular flexibility index (Phi) is 27.9. The van der Waals surface area contributed by atoms with Gasteiger partial charge in [0.25, 0.3) is 0 Å². The molecule has 6 nitrogen and oxygen atoms in total. The fraction of sp³-hybridized carbons (Fsp3) is 0.921. The van der Waals surface area contributed by atoms with Crippen LogP contribution in [0.15, 0.2) is 0 Å². The number of esters is 1. The summed E-state index contributed by atoms with van der Waals surface area (Å²) < 4.78 is 5.59. The summed E-state index contributed by atoms with van der Waals surface area (Å²) in [5, 5.41) is 0. The van der Waals surface area contributed by atoms with Gasteiger partial charge in [0.05, 0.1) is 13.2 Å². The Bertz CT molecular complexity index is 668. The average Bonchev–Trinajstić information content (AvgIpc) is 3.54. The summed E-state index contributed by atoms with van der Waals surface area (Å²) in [5.41, 5.74) is 0. The third-order valence-corrected chi connectivity index (χ3v) is 9.42. The van der Waals surface area contributed by atoms with E-state index in [9.17, 15) is 14.4 Å².